The Labute approximate surface area is 373 Å². The minimum absolute atomic E-state index is 0.175. The number of para-hydroxylation sites is 2. The Morgan fingerprint density at radius 2 is 0.859 bits per heavy atom. The van der Waals surface area contributed by atoms with Gasteiger partial charge in [0, 0.05) is 44.1 Å². The zero-order valence-electron chi connectivity index (χ0n) is 35.7. The van der Waals surface area contributed by atoms with E-state index in [0.29, 0.717) is 0 Å². The maximum atomic E-state index is 7.02. The highest BCUT2D eigenvalue weighted by atomic mass is 16.3. The number of fused-ring (bicyclic) bond motifs is 11. The van der Waals surface area contributed by atoms with E-state index in [0.717, 1.165) is 55.5 Å². The predicted octanol–water partition coefficient (Wildman–Crippen LogP) is 16.5. The molecule has 0 radical (unpaired) electrons. The van der Waals surface area contributed by atoms with Crippen LogP contribution in [0.15, 0.2) is 229 Å². The molecule has 0 unspecified atom stereocenters. The standard InChI is InChI=1S/C62H43NO/c1-61(2)54-29-14-11-24-46(54)48-36-33-43(38-56(48)61)63(58-31-16-13-26-50(58)51-27-17-28-52-53-35-32-40-18-9-10-23-45(40)59(53)64-60(51)52)44-34-37-49-47-25-12-15-30-55(47)62(57(49)39-44,41-19-5-3-6-20-41)42-21-7-4-8-22-42/h3-39H,1-2H3. The molecule has 2 aliphatic rings. The molecule has 0 atom stereocenters. The van der Waals surface area contributed by atoms with Gasteiger partial charge < -0.3 is 9.32 Å². The van der Waals surface area contributed by atoms with E-state index in [1.165, 1.54) is 61.0 Å². The Kier molecular flexibility index (Phi) is 7.90. The molecule has 0 saturated carbocycles. The fourth-order valence-electron chi connectivity index (χ4n) is 11.5. The third-order valence-corrected chi connectivity index (χ3v) is 14.3. The molecule has 0 bridgehead atoms. The molecule has 1 aromatic heterocycles. The van der Waals surface area contributed by atoms with Gasteiger partial charge in [-0.3, -0.25) is 0 Å². The minimum Gasteiger partial charge on any atom is -0.455 e. The van der Waals surface area contributed by atoms with Crippen molar-refractivity contribution in [1.82, 2.24) is 0 Å². The van der Waals surface area contributed by atoms with Crippen LogP contribution in [0.4, 0.5) is 17.1 Å². The molecular formula is C62H43NO. The van der Waals surface area contributed by atoms with E-state index in [2.05, 4.69) is 243 Å². The lowest BCUT2D eigenvalue weighted by Crippen LogP contribution is -2.28. The van der Waals surface area contributed by atoms with Crippen LogP contribution in [0.3, 0.4) is 0 Å². The van der Waals surface area contributed by atoms with E-state index in [1.54, 1.807) is 0 Å². The summed E-state index contributed by atoms with van der Waals surface area (Å²) in [6, 6.07) is 82.8. The Morgan fingerprint density at radius 1 is 0.344 bits per heavy atom. The van der Waals surface area contributed by atoms with E-state index in [-0.39, 0.29) is 5.41 Å². The third kappa shape index (κ3) is 5.08. The molecular weight excluding hydrogens is 775 g/mol. The van der Waals surface area contributed by atoms with Crippen LogP contribution in [0.25, 0.3) is 66.1 Å². The lowest BCUT2D eigenvalue weighted by Gasteiger charge is -2.35. The fourth-order valence-corrected chi connectivity index (χ4v) is 11.5. The first-order valence-electron chi connectivity index (χ1n) is 22.3. The summed E-state index contributed by atoms with van der Waals surface area (Å²) in [6.07, 6.45) is 0. The number of hydrogen-bond donors (Lipinski definition) is 0. The van der Waals surface area contributed by atoms with Gasteiger partial charge in [0.1, 0.15) is 11.2 Å². The average molecular weight is 818 g/mol. The molecule has 2 heteroatoms. The number of anilines is 3. The summed E-state index contributed by atoms with van der Waals surface area (Å²) in [5, 5.41) is 4.53. The highest BCUT2D eigenvalue weighted by molar-refractivity contribution is 6.17. The number of hydrogen-bond acceptors (Lipinski definition) is 2. The number of rotatable bonds is 6. The molecule has 2 nitrogen and oxygen atoms in total. The Morgan fingerprint density at radius 3 is 1.59 bits per heavy atom. The zero-order chi connectivity index (χ0) is 42.6. The smallest absolute Gasteiger partial charge is 0.143 e. The molecule has 11 aromatic rings. The molecule has 10 aromatic carbocycles. The second-order valence-corrected chi connectivity index (χ2v) is 18.0. The highest BCUT2D eigenvalue weighted by Crippen LogP contribution is 2.58. The molecule has 302 valence electrons. The van der Waals surface area contributed by atoms with Crippen molar-refractivity contribution in [1.29, 1.82) is 0 Å². The highest BCUT2D eigenvalue weighted by Gasteiger charge is 2.46. The predicted molar refractivity (Wildman–Crippen MR) is 266 cm³/mol. The molecule has 0 fully saturated rings. The van der Waals surface area contributed by atoms with Crippen molar-refractivity contribution in [2.75, 3.05) is 4.90 Å². The van der Waals surface area contributed by atoms with Crippen LogP contribution in [0.5, 0.6) is 0 Å². The summed E-state index contributed by atoms with van der Waals surface area (Å²) in [5.41, 5.74) is 19.4. The van der Waals surface area contributed by atoms with Crippen molar-refractivity contribution >= 4 is 49.8 Å². The first kappa shape index (κ1) is 36.7. The normalized spacial score (nSPS) is 14.0. The molecule has 0 saturated heterocycles. The SMILES string of the molecule is CC1(C)c2ccccc2-c2ccc(N(c3ccc4c(c3)C(c3ccccc3)(c3ccccc3)c3ccccc3-4)c3ccccc3-c3cccc4c3oc3c5ccccc5ccc43)cc21. The first-order chi connectivity index (χ1) is 31.5. The molecule has 64 heavy (non-hydrogen) atoms. The molecule has 1 heterocycles. The van der Waals surface area contributed by atoms with Gasteiger partial charge in [-0.2, -0.15) is 0 Å². The van der Waals surface area contributed by atoms with E-state index in [9.17, 15) is 0 Å². The molecule has 2 aliphatic carbocycles. The monoisotopic (exact) mass is 817 g/mol. The summed E-state index contributed by atoms with van der Waals surface area (Å²) in [7, 11) is 0. The lowest BCUT2D eigenvalue weighted by atomic mass is 9.67. The summed E-state index contributed by atoms with van der Waals surface area (Å²) >= 11 is 0. The van der Waals surface area contributed by atoms with Crippen LogP contribution in [-0.4, -0.2) is 0 Å². The van der Waals surface area contributed by atoms with Gasteiger partial charge in [0.15, 0.2) is 0 Å². The van der Waals surface area contributed by atoms with Gasteiger partial charge in [-0.05, 0) is 97.4 Å². The largest absolute Gasteiger partial charge is 0.455 e. The maximum absolute atomic E-state index is 7.02. The topological polar surface area (TPSA) is 16.4 Å². The average Bonchev–Trinajstić information content (AvgIpc) is 3.96. The van der Waals surface area contributed by atoms with Gasteiger partial charge in [-0.1, -0.05) is 202 Å². The summed E-state index contributed by atoms with van der Waals surface area (Å²) in [4.78, 5) is 2.50. The van der Waals surface area contributed by atoms with Crippen LogP contribution in [0, 0.1) is 0 Å². The van der Waals surface area contributed by atoms with Gasteiger partial charge >= 0.3 is 0 Å². The summed E-state index contributed by atoms with van der Waals surface area (Å²) in [5.74, 6) is 0. The Bertz CT molecular complexity index is 3610. The third-order valence-electron chi connectivity index (χ3n) is 14.3. The van der Waals surface area contributed by atoms with Gasteiger partial charge in [-0.15, -0.1) is 0 Å². The quantitative estimate of drug-likeness (QED) is 0.166. The van der Waals surface area contributed by atoms with Crippen molar-refractivity contribution < 1.29 is 4.42 Å². The maximum Gasteiger partial charge on any atom is 0.143 e. The van der Waals surface area contributed by atoms with Crippen molar-refractivity contribution in [2.24, 2.45) is 0 Å². The van der Waals surface area contributed by atoms with Crippen molar-refractivity contribution in [3.63, 3.8) is 0 Å². The van der Waals surface area contributed by atoms with Crippen LogP contribution in [-0.2, 0) is 10.8 Å². The molecule has 0 N–H and O–H groups in total. The van der Waals surface area contributed by atoms with Gasteiger partial charge in [0.25, 0.3) is 0 Å². The van der Waals surface area contributed by atoms with Crippen LogP contribution < -0.4 is 4.90 Å². The molecule has 0 amide bonds. The van der Waals surface area contributed by atoms with E-state index < -0.39 is 5.41 Å². The van der Waals surface area contributed by atoms with Crippen LogP contribution in [0.2, 0.25) is 0 Å². The van der Waals surface area contributed by atoms with Gasteiger partial charge in [-0.25, -0.2) is 0 Å². The lowest BCUT2D eigenvalue weighted by molar-refractivity contribution is 0.660. The van der Waals surface area contributed by atoms with Crippen molar-refractivity contribution in [2.45, 2.75) is 24.7 Å². The molecule has 13 rings (SSSR count). The number of nitrogens with zero attached hydrogens (tertiary/aromatic N) is 1. The van der Waals surface area contributed by atoms with Gasteiger partial charge in [0.05, 0.1) is 11.1 Å². The van der Waals surface area contributed by atoms with Crippen LogP contribution in [0.1, 0.15) is 47.2 Å². The van der Waals surface area contributed by atoms with Gasteiger partial charge in [0.2, 0.25) is 0 Å². The Hall–Kier alpha value is -7.94. The summed E-state index contributed by atoms with van der Waals surface area (Å²) < 4.78 is 7.02. The molecule has 0 spiro atoms. The zero-order valence-corrected chi connectivity index (χ0v) is 35.7. The molecule has 0 aliphatic heterocycles. The van der Waals surface area contributed by atoms with Crippen molar-refractivity contribution in [3.05, 3.63) is 258 Å². The van der Waals surface area contributed by atoms with E-state index in [4.69, 9.17) is 4.42 Å². The second kappa shape index (κ2) is 13.8. The number of benzene rings is 10. The first-order valence-corrected chi connectivity index (χ1v) is 22.3. The van der Waals surface area contributed by atoms with Crippen molar-refractivity contribution in [3.8, 4) is 33.4 Å². The Balaban J connectivity index is 1.09. The van der Waals surface area contributed by atoms with E-state index in [1.807, 2.05) is 0 Å². The second-order valence-electron chi connectivity index (χ2n) is 18.0. The van der Waals surface area contributed by atoms with Crippen LogP contribution >= 0.6 is 0 Å². The van der Waals surface area contributed by atoms with E-state index >= 15 is 0 Å². The fraction of sp³-hybridized carbons (Fsp3) is 0.0645. The summed E-state index contributed by atoms with van der Waals surface area (Å²) in [6.45, 7) is 4.73. The number of furan rings is 1. The minimum atomic E-state index is -0.542.